The summed E-state index contributed by atoms with van der Waals surface area (Å²) >= 11 is 12.9. The molecule has 1 aromatic heterocycles. The molecule has 0 spiro atoms. The van der Waals surface area contributed by atoms with Crippen molar-refractivity contribution in [1.82, 2.24) is 15.2 Å². The van der Waals surface area contributed by atoms with Gasteiger partial charge in [0.05, 0.1) is 5.01 Å². The number of carbonyl (C=O) groups is 1. The van der Waals surface area contributed by atoms with Crippen LogP contribution in [0.2, 0.25) is 5.02 Å². The van der Waals surface area contributed by atoms with Gasteiger partial charge in [-0.1, -0.05) is 29.8 Å². The molecule has 0 saturated carbocycles. The number of hydrogen-bond donors (Lipinski definition) is 2. The molecule has 3 aromatic rings. The lowest BCUT2D eigenvalue weighted by molar-refractivity contribution is 0.102. The van der Waals surface area contributed by atoms with Crippen molar-refractivity contribution in [2.24, 2.45) is 0 Å². The fraction of sp³-hybridized carbons (Fsp3) is 0.240. The highest BCUT2D eigenvalue weighted by Crippen LogP contribution is 2.32. The summed E-state index contributed by atoms with van der Waals surface area (Å²) in [4.78, 5) is 19.7. The van der Waals surface area contributed by atoms with Crippen molar-refractivity contribution >= 4 is 51.9 Å². The normalized spacial score (nSPS) is 14.0. The number of anilines is 1. The van der Waals surface area contributed by atoms with Gasteiger partial charge in [0, 0.05) is 47.2 Å². The molecule has 0 atom stereocenters. The van der Waals surface area contributed by atoms with E-state index in [0.717, 1.165) is 41.6 Å². The van der Waals surface area contributed by atoms with Gasteiger partial charge in [0.1, 0.15) is 11.5 Å². The van der Waals surface area contributed by atoms with E-state index >= 15 is 0 Å². The largest absolute Gasteiger partial charge is 0.359 e. The SMILES string of the molecule is C=CCNC(=S)N1CCC(c2nc(C(=O)Nc3ccc(F)cc3-c3ccc(Cl)cc3)cs2)CC1. The van der Waals surface area contributed by atoms with Gasteiger partial charge in [0.2, 0.25) is 0 Å². The van der Waals surface area contributed by atoms with Crippen LogP contribution in [0.4, 0.5) is 10.1 Å². The van der Waals surface area contributed by atoms with Gasteiger partial charge < -0.3 is 15.5 Å². The Morgan fingerprint density at radius 3 is 2.71 bits per heavy atom. The van der Waals surface area contributed by atoms with Crippen molar-refractivity contribution in [2.75, 3.05) is 25.0 Å². The highest BCUT2D eigenvalue weighted by atomic mass is 35.5. The Morgan fingerprint density at radius 1 is 1.26 bits per heavy atom. The second-order valence-corrected chi connectivity index (χ2v) is 9.67. The third kappa shape index (κ3) is 5.81. The Bertz CT molecular complexity index is 1190. The van der Waals surface area contributed by atoms with Crippen LogP contribution >= 0.6 is 35.2 Å². The second-order valence-electron chi connectivity index (χ2n) is 7.96. The third-order valence-electron chi connectivity index (χ3n) is 5.67. The molecule has 9 heteroatoms. The summed E-state index contributed by atoms with van der Waals surface area (Å²) in [5, 5.41) is 10.1. The van der Waals surface area contributed by atoms with Crippen LogP contribution in [-0.2, 0) is 0 Å². The maximum absolute atomic E-state index is 14.0. The van der Waals surface area contributed by atoms with E-state index in [4.69, 9.17) is 23.8 Å². The van der Waals surface area contributed by atoms with Gasteiger partial charge in [0.15, 0.2) is 5.11 Å². The van der Waals surface area contributed by atoms with Crippen molar-refractivity contribution in [1.29, 1.82) is 0 Å². The molecule has 0 aliphatic carbocycles. The van der Waals surface area contributed by atoms with Crippen LogP contribution in [0.5, 0.6) is 0 Å². The summed E-state index contributed by atoms with van der Waals surface area (Å²) in [6.07, 6.45) is 3.62. The Hall–Kier alpha value is -2.81. The van der Waals surface area contributed by atoms with Gasteiger partial charge in [-0.05, 0) is 61.0 Å². The first-order chi connectivity index (χ1) is 16.4. The number of carbonyl (C=O) groups excluding carboxylic acids is 1. The van der Waals surface area contributed by atoms with E-state index in [9.17, 15) is 9.18 Å². The first-order valence-corrected chi connectivity index (χ1v) is 12.6. The molecule has 4 rings (SSSR count). The fourth-order valence-electron chi connectivity index (χ4n) is 3.86. The van der Waals surface area contributed by atoms with Crippen molar-refractivity contribution < 1.29 is 9.18 Å². The van der Waals surface area contributed by atoms with Crippen molar-refractivity contribution in [3.8, 4) is 11.1 Å². The zero-order valence-corrected chi connectivity index (χ0v) is 20.8. The number of amides is 1. The van der Waals surface area contributed by atoms with Crippen LogP contribution in [0.1, 0.15) is 34.3 Å². The summed E-state index contributed by atoms with van der Waals surface area (Å²) in [6, 6.07) is 11.3. The van der Waals surface area contributed by atoms with E-state index in [-0.39, 0.29) is 11.7 Å². The fourth-order valence-corrected chi connectivity index (χ4v) is 5.22. The van der Waals surface area contributed by atoms with Crippen LogP contribution in [0, 0.1) is 5.82 Å². The molecule has 1 fully saturated rings. The molecule has 0 unspecified atom stereocenters. The highest BCUT2D eigenvalue weighted by Gasteiger charge is 2.25. The Labute approximate surface area is 212 Å². The third-order valence-corrected chi connectivity index (χ3v) is 7.33. The predicted octanol–water partition coefficient (Wildman–Crippen LogP) is 6.09. The summed E-state index contributed by atoms with van der Waals surface area (Å²) in [7, 11) is 0. The van der Waals surface area contributed by atoms with Gasteiger partial charge >= 0.3 is 0 Å². The molecule has 5 nitrogen and oxygen atoms in total. The summed E-state index contributed by atoms with van der Waals surface area (Å²) < 4.78 is 14.0. The van der Waals surface area contributed by atoms with Crippen LogP contribution in [-0.4, -0.2) is 40.5 Å². The van der Waals surface area contributed by atoms with Gasteiger partial charge in [-0.15, -0.1) is 17.9 Å². The molecule has 1 aliphatic rings. The number of likely N-dealkylation sites (tertiary alicyclic amines) is 1. The summed E-state index contributed by atoms with van der Waals surface area (Å²) in [5.74, 6) is -0.415. The number of nitrogens with one attached hydrogen (secondary N) is 2. The van der Waals surface area contributed by atoms with Gasteiger partial charge in [-0.3, -0.25) is 4.79 Å². The summed E-state index contributed by atoms with van der Waals surface area (Å²) in [5.41, 5.74) is 2.20. The number of rotatable bonds is 6. The monoisotopic (exact) mass is 514 g/mol. The number of hydrogen-bond acceptors (Lipinski definition) is 4. The van der Waals surface area contributed by atoms with Crippen LogP contribution in [0.3, 0.4) is 0 Å². The lowest BCUT2D eigenvalue weighted by Gasteiger charge is -2.33. The van der Waals surface area contributed by atoms with Crippen molar-refractivity contribution in [3.05, 3.63) is 82.0 Å². The first kappa shape index (κ1) is 24.3. The molecule has 0 bridgehead atoms. The molecular weight excluding hydrogens is 491 g/mol. The molecule has 34 heavy (non-hydrogen) atoms. The topological polar surface area (TPSA) is 57.3 Å². The Kier molecular flexibility index (Phi) is 7.92. The minimum atomic E-state index is -0.385. The molecule has 2 N–H and O–H groups in total. The van der Waals surface area contributed by atoms with Gasteiger partial charge in [-0.2, -0.15) is 0 Å². The smallest absolute Gasteiger partial charge is 0.275 e. The highest BCUT2D eigenvalue weighted by molar-refractivity contribution is 7.80. The number of benzene rings is 2. The molecule has 1 saturated heterocycles. The van der Waals surface area contributed by atoms with E-state index in [1.165, 1.54) is 23.5 Å². The average Bonchev–Trinajstić information content (AvgIpc) is 3.35. The molecule has 1 amide bonds. The molecule has 1 aliphatic heterocycles. The number of piperidine rings is 1. The standard InChI is InChI=1S/C25H24ClFN4OS2/c1-2-11-28-25(33)31-12-9-17(10-13-31)24-30-22(15-34-24)23(32)29-21-8-7-19(27)14-20(21)16-3-5-18(26)6-4-16/h2-8,14-15,17H,1,9-13H2,(H,28,33)(H,29,32). The second kappa shape index (κ2) is 11.1. The Balaban J connectivity index is 1.42. The van der Waals surface area contributed by atoms with E-state index in [1.54, 1.807) is 41.8 Å². The molecule has 176 valence electrons. The number of thiocarbonyl (C=S) groups is 1. The maximum atomic E-state index is 14.0. The maximum Gasteiger partial charge on any atom is 0.275 e. The lowest BCUT2D eigenvalue weighted by atomic mass is 9.98. The van der Waals surface area contributed by atoms with Crippen molar-refractivity contribution in [2.45, 2.75) is 18.8 Å². The lowest BCUT2D eigenvalue weighted by Crippen LogP contribution is -2.43. The zero-order chi connectivity index (χ0) is 24.1. The quantitative estimate of drug-likeness (QED) is 0.308. The zero-order valence-electron chi connectivity index (χ0n) is 18.4. The van der Waals surface area contributed by atoms with E-state index in [2.05, 4.69) is 27.1 Å². The number of halogens is 2. The van der Waals surface area contributed by atoms with E-state index in [1.807, 2.05) is 0 Å². The minimum absolute atomic E-state index is 0.292. The Morgan fingerprint density at radius 2 is 2.00 bits per heavy atom. The number of aromatic nitrogens is 1. The number of nitrogens with zero attached hydrogens (tertiary/aromatic N) is 2. The van der Waals surface area contributed by atoms with Gasteiger partial charge in [-0.25, -0.2) is 9.37 Å². The molecule has 2 aromatic carbocycles. The van der Waals surface area contributed by atoms with E-state index in [0.29, 0.717) is 34.4 Å². The van der Waals surface area contributed by atoms with Crippen LogP contribution in [0.15, 0.2) is 60.5 Å². The average molecular weight is 515 g/mol. The molecule has 2 heterocycles. The summed E-state index contributed by atoms with van der Waals surface area (Å²) in [6.45, 7) is 6.03. The minimum Gasteiger partial charge on any atom is -0.359 e. The van der Waals surface area contributed by atoms with Crippen molar-refractivity contribution in [3.63, 3.8) is 0 Å². The predicted molar refractivity (Wildman–Crippen MR) is 141 cm³/mol. The van der Waals surface area contributed by atoms with Crippen LogP contribution < -0.4 is 10.6 Å². The van der Waals surface area contributed by atoms with Crippen LogP contribution in [0.25, 0.3) is 11.1 Å². The first-order valence-electron chi connectivity index (χ1n) is 10.9. The number of thiazole rings is 1. The van der Waals surface area contributed by atoms with Gasteiger partial charge in [0.25, 0.3) is 5.91 Å². The molecule has 0 radical (unpaired) electrons. The van der Waals surface area contributed by atoms with E-state index < -0.39 is 0 Å². The molecular formula is C25H24ClFN4OS2.